The normalized spacial score (nSPS) is 13.1. The second-order valence-electron chi connectivity index (χ2n) is 4.10. The quantitative estimate of drug-likeness (QED) is 0.446. The molecule has 0 radical (unpaired) electrons. The minimum Gasteiger partial charge on any atom is -0.467 e. The Morgan fingerprint density at radius 3 is 2.38 bits per heavy atom. The van der Waals surface area contributed by atoms with Crippen molar-refractivity contribution in [2.75, 3.05) is 12.4 Å². The third-order valence-corrected chi connectivity index (χ3v) is 2.64. The fourth-order valence-electron chi connectivity index (χ4n) is 1.58. The maximum atomic E-state index is 11.5. The Balaban J connectivity index is 3.20. The van der Waals surface area contributed by atoms with E-state index in [1.807, 2.05) is 0 Å². The van der Waals surface area contributed by atoms with Gasteiger partial charge in [-0.25, -0.2) is 4.79 Å². The van der Waals surface area contributed by atoms with Gasteiger partial charge in [0.25, 0.3) is 11.4 Å². The van der Waals surface area contributed by atoms with E-state index in [1.165, 1.54) is 6.92 Å². The molecule has 0 saturated heterocycles. The van der Waals surface area contributed by atoms with Crippen molar-refractivity contribution in [2.24, 2.45) is 0 Å². The molecule has 2 N–H and O–H groups in total. The maximum absolute atomic E-state index is 11.5. The summed E-state index contributed by atoms with van der Waals surface area (Å²) in [4.78, 5) is 31.5. The van der Waals surface area contributed by atoms with Crippen LogP contribution in [0.2, 0.25) is 0 Å². The van der Waals surface area contributed by atoms with Gasteiger partial charge in [0.2, 0.25) is 0 Å². The van der Waals surface area contributed by atoms with Crippen LogP contribution in [0.25, 0.3) is 0 Å². The first-order chi connectivity index (χ1) is 9.77. The molecule has 0 aromatic heterocycles. The van der Waals surface area contributed by atoms with Gasteiger partial charge in [0.1, 0.15) is 5.69 Å². The molecule has 114 valence electrons. The van der Waals surface area contributed by atoms with Crippen molar-refractivity contribution in [3.05, 3.63) is 38.4 Å². The minimum atomic E-state index is -1.24. The van der Waals surface area contributed by atoms with Crippen molar-refractivity contribution in [2.45, 2.75) is 19.1 Å². The summed E-state index contributed by atoms with van der Waals surface area (Å²) in [5, 5.41) is 33.5. The van der Waals surface area contributed by atoms with E-state index in [2.05, 4.69) is 10.1 Å². The average molecular weight is 299 g/mol. The molecule has 0 aliphatic rings. The first-order valence-corrected chi connectivity index (χ1v) is 5.73. The molecule has 0 saturated carbocycles. The van der Waals surface area contributed by atoms with Gasteiger partial charge in [-0.3, -0.25) is 20.2 Å². The predicted octanol–water partition coefficient (Wildman–Crippen LogP) is 0.837. The fourth-order valence-corrected chi connectivity index (χ4v) is 1.58. The Labute approximate surface area is 118 Å². The molecular weight excluding hydrogens is 286 g/mol. The molecule has 1 rings (SSSR count). The van der Waals surface area contributed by atoms with Crippen LogP contribution in [0.4, 0.5) is 17.1 Å². The topological polar surface area (TPSA) is 145 Å². The number of aliphatic hydroxyl groups excluding tert-OH is 1. The van der Waals surface area contributed by atoms with E-state index in [9.17, 15) is 30.1 Å². The summed E-state index contributed by atoms with van der Waals surface area (Å²) in [5.74, 6) is -0.822. The van der Waals surface area contributed by atoms with Crippen LogP contribution in [0.5, 0.6) is 0 Å². The highest BCUT2D eigenvalue weighted by Gasteiger charge is 2.28. The smallest absolute Gasteiger partial charge is 0.330 e. The van der Waals surface area contributed by atoms with E-state index in [0.29, 0.717) is 0 Å². The largest absolute Gasteiger partial charge is 0.467 e. The van der Waals surface area contributed by atoms with E-state index < -0.39 is 39.3 Å². The fraction of sp³-hybridized carbons (Fsp3) is 0.364. The standard InChI is InChI=1S/C11H13N3O7/c1-6(15)10(11(16)21-2)12-8-4-3-7(13(17)18)5-9(8)14(19)20/h3-6,10,12,15H,1-2H3/t6-,10-/m0/s1. The van der Waals surface area contributed by atoms with Crippen LogP contribution in [0.3, 0.4) is 0 Å². The molecule has 1 aromatic carbocycles. The molecule has 0 fully saturated rings. The molecule has 0 spiro atoms. The molecule has 0 bridgehead atoms. The van der Waals surface area contributed by atoms with E-state index >= 15 is 0 Å². The second kappa shape index (κ2) is 6.61. The number of aliphatic hydroxyl groups is 1. The Hall–Kier alpha value is -2.75. The van der Waals surface area contributed by atoms with Gasteiger partial charge in [-0.1, -0.05) is 0 Å². The molecule has 10 nitrogen and oxygen atoms in total. The molecule has 0 aliphatic heterocycles. The summed E-state index contributed by atoms with van der Waals surface area (Å²) >= 11 is 0. The van der Waals surface area contributed by atoms with E-state index in [1.54, 1.807) is 0 Å². The lowest BCUT2D eigenvalue weighted by molar-refractivity contribution is -0.393. The molecule has 10 heteroatoms. The zero-order valence-electron chi connectivity index (χ0n) is 11.2. The summed E-state index contributed by atoms with van der Waals surface area (Å²) in [6, 6.07) is 1.66. The van der Waals surface area contributed by atoms with Crippen LogP contribution in [0.15, 0.2) is 18.2 Å². The van der Waals surface area contributed by atoms with Gasteiger partial charge in [-0.2, -0.15) is 0 Å². The number of nitrogens with one attached hydrogen (secondary N) is 1. The van der Waals surface area contributed by atoms with Crippen LogP contribution in [-0.4, -0.2) is 40.2 Å². The second-order valence-corrected chi connectivity index (χ2v) is 4.10. The van der Waals surface area contributed by atoms with Crippen LogP contribution in [0.1, 0.15) is 6.92 Å². The van der Waals surface area contributed by atoms with Crippen molar-refractivity contribution in [3.8, 4) is 0 Å². The molecule has 1 aromatic rings. The molecule has 0 amide bonds. The number of hydrogen-bond acceptors (Lipinski definition) is 8. The monoisotopic (exact) mass is 299 g/mol. The third-order valence-electron chi connectivity index (χ3n) is 2.64. The number of nitrogens with zero attached hydrogens (tertiary/aromatic N) is 2. The summed E-state index contributed by atoms with van der Waals surface area (Å²) in [7, 11) is 1.10. The number of nitro groups is 2. The number of nitro benzene ring substituents is 2. The van der Waals surface area contributed by atoms with Crippen molar-refractivity contribution in [3.63, 3.8) is 0 Å². The number of anilines is 1. The Morgan fingerprint density at radius 1 is 1.33 bits per heavy atom. The lowest BCUT2D eigenvalue weighted by Gasteiger charge is -2.19. The lowest BCUT2D eigenvalue weighted by Crippen LogP contribution is -2.40. The summed E-state index contributed by atoms with van der Waals surface area (Å²) in [6.07, 6.45) is -1.19. The molecular formula is C11H13N3O7. The molecule has 2 atom stereocenters. The minimum absolute atomic E-state index is 0.137. The first-order valence-electron chi connectivity index (χ1n) is 5.73. The van der Waals surface area contributed by atoms with Crippen LogP contribution >= 0.6 is 0 Å². The molecule has 0 aliphatic carbocycles. The summed E-state index contributed by atoms with van der Waals surface area (Å²) < 4.78 is 4.47. The van der Waals surface area contributed by atoms with Crippen LogP contribution in [0, 0.1) is 20.2 Å². The highest BCUT2D eigenvalue weighted by atomic mass is 16.6. The zero-order valence-corrected chi connectivity index (χ0v) is 11.2. The number of esters is 1. The van der Waals surface area contributed by atoms with Gasteiger partial charge >= 0.3 is 5.97 Å². The van der Waals surface area contributed by atoms with Crippen molar-refractivity contribution >= 4 is 23.0 Å². The van der Waals surface area contributed by atoms with Gasteiger partial charge in [0, 0.05) is 6.07 Å². The van der Waals surface area contributed by atoms with E-state index in [0.717, 1.165) is 25.3 Å². The van der Waals surface area contributed by atoms with Gasteiger partial charge in [0.15, 0.2) is 6.04 Å². The molecule has 0 heterocycles. The number of benzene rings is 1. The van der Waals surface area contributed by atoms with Gasteiger partial charge in [-0.05, 0) is 13.0 Å². The predicted molar refractivity (Wildman–Crippen MR) is 70.9 cm³/mol. The van der Waals surface area contributed by atoms with Crippen LogP contribution < -0.4 is 5.32 Å². The van der Waals surface area contributed by atoms with E-state index in [4.69, 9.17) is 0 Å². The Bertz CT molecular complexity index is 573. The van der Waals surface area contributed by atoms with Gasteiger partial charge < -0.3 is 15.2 Å². The summed E-state index contributed by atoms with van der Waals surface area (Å²) in [5.41, 5.74) is -1.18. The lowest BCUT2D eigenvalue weighted by atomic mass is 10.1. The maximum Gasteiger partial charge on any atom is 0.330 e. The Morgan fingerprint density at radius 2 is 1.95 bits per heavy atom. The number of rotatable bonds is 6. The zero-order chi connectivity index (χ0) is 16.2. The SMILES string of the molecule is COC(=O)[C@@H](Nc1ccc([N+](=O)[O-])cc1[N+](=O)[O-])[C@H](C)O. The third kappa shape index (κ3) is 3.86. The van der Waals surface area contributed by atoms with Crippen molar-refractivity contribution in [1.29, 1.82) is 0 Å². The van der Waals surface area contributed by atoms with Crippen molar-refractivity contribution in [1.82, 2.24) is 0 Å². The number of carbonyl (C=O) groups excluding carboxylic acids is 1. The summed E-state index contributed by atoms with van der Waals surface area (Å²) in [6.45, 7) is 1.30. The molecule has 0 unspecified atom stereocenters. The number of ether oxygens (including phenoxy) is 1. The number of non-ortho nitro benzene ring substituents is 1. The average Bonchev–Trinajstić information content (AvgIpc) is 2.43. The highest BCUT2D eigenvalue weighted by molar-refractivity contribution is 5.81. The van der Waals surface area contributed by atoms with Crippen LogP contribution in [-0.2, 0) is 9.53 Å². The number of methoxy groups -OCH3 is 1. The van der Waals surface area contributed by atoms with Gasteiger partial charge in [-0.15, -0.1) is 0 Å². The first kappa shape index (κ1) is 16.3. The van der Waals surface area contributed by atoms with E-state index in [-0.39, 0.29) is 5.69 Å². The van der Waals surface area contributed by atoms with Crippen molar-refractivity contribution < 1.29 is 24.5 Å². The van der Waals surface area contributed by atoms with Gasteiger partial charge in [0.05, 0.1) is 29.1 Å². The highest BCUT2D eigenvalue weighted by Crippen LogP contribution is 2.29. The molecule has 21 heavy (non-hydrogen) atoms. The Kier molecular flexibility index (Phi) is 5.13. The number of carbonyl (C=O) groups is 1. The number of hydrogen-bond donors (Lipinski definition) is 2.